The minimum atomic E-state index is -0.639. The molecule has 0 saturated heterocycles. The molecule has 0 unspecified atom stereocenters. The van der Waals surface area contributed by atoms with Crippen molar-refractivity contribution in [2.45, 2.75) is 13.1 Å². The fraction of sp³-hybridized carbons (Fsp3) is 0.400. The summed E-state index contributed by atoms with van der Waals surface area (Å²) in [6.45, 7) is 0.555. The zero-order chi connectivity index (χ0) is 10.4. The van der Waals surface area contributed by atoms with Gasteiger partial charge in [-0.2, -0.15) is 0 Å². The quantitative estimate of drug-likeness (QED) is 0.714. The minimum absolute atomic E-state index is 0.354. The Morgan fingerprint density at radius 3 is 2.71 bits per heavy atom. The summed E-state index contributed by atoms with van der Waals surface area (Å²) in [5, 5.41) is 2.89. The zero-order valence-corrected chi connectivity index (χ0v) is 7.89. The van der Waals surface area contributed by atoms with Gasteiger partial charge >= 0.3 is 0 Å². The number of anilines is 1. The van der Waals surface area contributed by atoms with E-state index in [0.29, 0.717) is 24.3 Å². The van der Waals surface area contributed by atoms with Crippen LogP contribution in [0.15, 0.2) is 18.2 Å². The maximum Gasteiger partial charge on any atom is 0.146 e. The molecule has 0 spiro atoms. The molecule has 0 amide bonds. The van der Waals surface area contributed by atoms with Crippen LogP contribution in [-0.2, 0) is 6.67 Å². The van der Waals surface area contributed by atoms with Crippen molar-refractivity contribution in [3.63, 3.8) is 0 Å². The normalized spacial score (nSPS) is 10.2. The molecular weight excluding hydrogens is 186 g/mol. The van der Waals surface area contributed by atoms with Crippen LogP contribution in [0.3, 0.4) is 0 Å². The summed E-state index contributed by atoms with van der Waals surface area (Å²) in [7, 11) is 0. The van der Waals surface area contributed by atoms with Crippen LogP contribution in [0.5, 0.6) is 0 Å². The lowest BCUT2D eigenvalue weighted by molar-refractivity contribution is 0.482. The molecule has 0 aliphatic heterocycles. The third-order valence-corrected chi connectivity index (χ3v) is 1.88. The first-order valence-electron chi connectivity index (χ1n) is 4.56. The summed E-state index contributed by atoms with van der Waals surface area (Å²) >= 11 is 0. The molecule has 0 radical (unpaired) electrons. The van der Waals surface area contributed by atoms with Gasteiger partial charge < -0.3 is 11.1 Å². The minimum Gasteiger partial charge on any atom is -0.383 e. The highest BCUT2D eigenvalue weighted by Crippen LogP contribution is 2.16. The predicted octanol–water partition coefficient (Wildman–Crippen LogP) is 2.06. The summed E-state index contributed by atoms with van der Waals surface area (Å²) in [4.78, 5) is 0. The number of hydrogen-bond donors (Lipinski definition) is 2. The van der Waals surface area contributed by atoms with E-state index in [4.69, 9.17) is 5.73 Å². The summed E-state index contributed by atoms with van der Waals surface area (Å²) in [6.07, 6.45) is 0.782. The summed E-state index contributed by atoms with van der Waals surface area (Å²) in [6, 6.07) is 4.30. The smallest absolute Gasteiger partial charge is 0.146 e. The van der Waals surface area contributed by atoms with Crippen molar-refractivity contribution in [3.8, 4) is 0 Å². The second-order valence-corrected chi connectivity index (χ2v) is 3.02. The van der Waals surface area contributed by atoms with E-state index < -0.39 is 12.5 Å². The van der Waals surface area contributed by atoms with Gasteiger partial charge in [0.1, 0.15) is 12.5 Å². The maximum absolute atomic E-state index is 13.2. The number of alkyl halides is 1. The molecule has 0 saturated carbocycles. The third kappa shape index (κ3) is 2.96. The average molecular weight is 200 g/mol. The molecule has 0 aliphatic rings. The SMILES string of the molecule is NCCCNc1ccc(CF)cc1F. The van der Waals surface area contributed by atoms with Crippen LogP contribution in [0.25, 0.3) is 0 Å². The van der Waals surface area contributed by atoms with Crippen LogP contribution < -0.4 is 11.1 Å². The monoisotopic (exact) mass is 200 g/mol. The maximum atomic E-state index is 13.2. The van der Waals surface area contributed by atoms with E-state index in [9.17, 15) is 8.78 Å². The first-order valence-corrected chi connectivity index (χ1v) is 4.56. The molecule has 0 atom stereocenters. The van der Waals surface area contributed by atoms with E-state index >= 15 is 0 Å². The molecule has 14 heavy (non-hydrogen) atoms. The van der Waals surface area contributed by atoms with Crippen LogP contribution in [-0.4, -0.2) is 13.1 Å². The van der Waals surface area contributed by atoms with E-state index in [-0.39, 0.29) is 0 Å². The Hall–Kier alpha value is -1.16. The largest absolute Gasteiger partial charge is 0.383 e. The lowest BCUT2D eigenvalue weighted by atomic mass is 10.2. The van der Waals surface area contributed by atoms with Gasteiger partial charge in [0.25, 0.3) is 0 Å². The van der Waals surface area contributed by atoms with E-state index in [2.05, 4.69) is 5.32 Å². The lowest BCUT2D eigenvalue weighted by Gasteiger charge is -2.07. The number of nitrogens with two attached hydrogens (primary N) is 1. The molecule has 78 valence electrons. The van der Waals surface area contributed by atoms with Gasteiger partial charge in [-0.3, -0.25) is 0 Å². The molecule has 4 heteroatoms. The Morgan fingerprint density at radius 2 is 2.14 bits per heavy atom. The lowest BCUT2D eigenvalue weighted by Crippen LogP contribution is -2.09. The van der Waals surface area contributed by atoms with Crippen molar-refractivity contribution < 1.29 is 8.78 Å². The Labute approximate surface area is 82.1 Å². The third-order valence-electron chi connectivity index (χ3n) is 1.88. The fourth-order valence-corrected chi connectivity index (χ4v) is 1.11. The van der Waals surface area contributed by atoms with Crippen LogP contribution in [0.1, 0.15) is 12.0 Å². The van der Waals surface area contributed by atoms with Crippen molar-refractivity contribution in [2.24, 2.45) is 5.73 Å². The van der Waals surface area contributed by atoms with Gasteiger partial charge in [0.05, 0.1) is 5.69 Å². The van der Waals surface area contributed by atoms with E-state index in [1.807, 2.05) is 0 Å². The fourth-order valence-electron chi connectivity index (χ4n) is 1.11. The van der Waals surface area contributed by atoms with Crippen LogP contribution in [0.2, 0.25) is 0 Å². The van der Waals surface area contributed by atoms with Gasteiger partial charge in [0.15, 0.2) is 0 Å². The second-order valence-electron chi connectivity index (χ2n) is 3.02. The molecule has 0 heterocycles. The number of nitrogens with one attached hydrogen (secondary N) is 1. The Balaban J connectivity index is 2.59. The summed E-state index contributed by atoms with van der Waals surface area (Å²) in [5.41, 5.74) is 6.05. The highest BCUT2D eigenvalue weighted by Gasteiger charge is 2.02. The van der Waals surface area contributed by atoms with Gasteiger partial charge in [-0.1, -0.05) is 6.07 Å². The molecule has 1 aromatic rings. The topological polar surface area (TPSA) is 38.0 Å². The van der Waals surface area contributed by atoms with Crippen molar-refractivity contribution in [2.75, 3.05) is 18.4 Å². The van der Waals surface area contributed by atoms with Crippen LogP contribution >= 0.6 is 0 Å². The molecule has 3 N–H and O–H groups in total. The predicted molar refractivity (Wildman–Crippen MR) is 53.4 cm³/mol. The van der Waals surface area contributed by atoms with Crippen LogP contribution in [0, 0.1) is 5.82 Å². The average Bonchev–Trinajstić information content (AvgIpc) is 2.20. The molecular formula is C10H14F2N2. The number of rotatable bonds is 5. The van der Waals surface area contributed by atoms with Crippen molar-refractivity contribution in [3.05, 3.63) is 29.6 Å². The number of hydrogen-bond acceptors (Lipinski definition) is 2. The molecule has 0 fully saturated rings. The van der Waals surface area contributed by atoms with E-state index in [1.165, 1.54) is 6.07 Å². The molecule has 1 aromatic carbocycles. The van der Waals surface area contributed by atoms with Crippen molar-refractivity contribution in [1.29, 1.82) is 0 Å². The van der Waals surface area contributed by atoms with Gasteiger partial charge in [-0.25, -0.2) is 8.78 Å². The molecule has 2 nitrogen and oxygen atoms in total. The molecule has 1 rings (SSSR count). The van der Waals surface area contributed by atoms with Gasteiger partial charge in [-0.15, -0.1) is 0 Å². The van der Waals surface area contributed by atoms with Gasteiger partial charge in [-0.05, 0) is 30.7 Å². The van der Waals surface area contributed by atoms with Gasteiger partial charge in [0.2, 0.25) is 0 Å². The zero-order valence-electron chi connectivity index (χ0n) is 7.89. The first kappa shape index (κ1) is 10.9. The number of halogens is 2. The summed E-state index contributed by atoms with van der Waals surface area (Å²) < 4.78 is 25.3. The Bertz CT molecular complexity index is 289. The summed E-state index contributed by atoms with van der Waals surface area (Å²) in [5.74, 6) is -0.419. The van der Waals surface area contributed by atoms with Crippen LogP contribution in [0.4, 0.5) is 14.5 Å². The number of benzene rings is 1. The van der Waals surface area contributed by atoms with E-state index in [1.54, 1.807) is 12.1 Å². The highest BCUT2D eigenvalue weighted by molar-refractivity contribution is 5.46. The van der Waals surface area contributed by atoms with Gasteiger partial charge in [0, 0.05) is 6.54 Å². The standard InChI is InChI=1S/C10H14F2N2/c11-7-8-2-3-10(9(12)6-8)14-5-1-4-13/h2-3,6,14H,1,4-5,7,13H2. The highest BCUT2D eigenvalue weighted by atomic mass is 19.1. The Kier molecular flexibility index (Phi) is 4.32. The van der Waals surface area contributed by atoms with Crippen molar-refractivity contribution in [1.82, 2.24) is 0 Å². The Morgan fingerprint density at radius 1 is 1.36 bits per heavy atom. The first-order chi connectivity index (χ1) is 6.77. The molecule has 0 bridgehead atoms. The van der Waals surface area contributed by atoms with E-state index in [0.717, 1.165) is 6.42 Å². The molecule has 0 aromatic heterocycles. The van der Waals surface area contributed by atoms with Crippen molar-refractivity contribution >= 4 is 5.69 Å². The second kappa shape index (κ2) is 5.54. The molecule has 0 aliphatic carbocycles.